The molecule has 2 saturated carbocycles. The monoisotopic (exact) mass is 646 g/mol. The van der Waals surface area contributed by atoms with E-state index >= 15 is 0 Å². The average Bonchev–Trinajstić information content (AvgIpc) is 3.37. The summed E-state index contributed by atoms with van der Waals surface area (Å²) in [6.07, 6.45) is -6.20. The Morgan fingerprint density at radius 1 is 1.04 bits per heavy atom. The minimum absolute atomic E-state index is 0.0443. The van der Waals surface area contributed by atoms with Gasteiger partial charge in [-0.1, -0.05) is 30.3 Å². The highest BCUT2D eigenvalue weighted by atomic mass is 19.4. The van der Waals surface area contributed by atoms with Crippen molar-refractivity contribution in [2.75, 3.05) is 6.54 Å². The normalized spacial score (nSPS) is 20.6. The van der Waals surface area contributed by atoms with Crippen LogP contribution >= 0.6 is 0 Å². The van der Waals surface area contributed by atoms with E-state index < -0.39 is 85.7 Å². The summed E-state index contributed by atoms with van der Waals surface area (Å²) in [6, 6.07) is 7.89. The third-order valence-corrected chi connectivity index (χ3v) is 8.20. The third-order valence-electron chi connectivity index (χ3n) is 8.20. The molecule has 17 heteroatoms. The predicted octanol–water partition coefficient (Wildman–Crippen LogP) is 5.39. The van der Waals surface area contributed by atoms with Gasteiger partial charge in [0.1, 0.15) is 6.61 Å². The number of fused-ring (bicyclic) bond motifs is 1. The lowest BCUT2D eigenvalue weighted by atomic mass is 9.71. The Labute approximate surface area is 251 Å². The minimum atomic E-state index is -5.13. The summed E-state index contributed by atoms with van der Waals surface area (Å²) >= 11 is 0. The molecular weight excluding hydrogens is 617 g/mol. The van der Waals surface area contributed by atoms with Crippen LogP contribution in [0, 0.1) is 11.8 Å². The molecule has 0 spiro atoms. The number of amides is 1. The summed E-state index contributed by atoms with van der Waals surface area (Å²) in [6.45, 7) is -1.25. The molecule has 0 radical (unpaired) electrons. The van der Waals surface area contributed by atoms with E-state index in [0.29, 0.717) is 5.56 Å². The van der Waals surface area contributed by atoms with Crippen LogP contribution in [0.25, 0.3) is 5.78 Å². The summed E-state index contributed by atoms with van der Waals surface area (Å²) in [5.74, 6) is -11.8. The molecule has 5 rings (SSSR count). The molecule has 2 aromatic heterocycles. The topological polar surface area (TPSA) is 131 Å². The number of aliphatic carboxylic acids is 1. The lowest BCUT2D eigenvalue weighted by Gasteiger charge is -2.47. The third kappa shape index (κ3) is 7.45. The Bertz CT molecular complexity index is 1520. The van der Waals surface area contributed by atoms with Gasteiger partial charge in [0.2, 0.25) is 5.92 Å². The van der Waals surface area contributed by atoms with Crippen molar-refractivity contribution in [2.45, 2.75) is 74.7 Å². The number of aromatic nitrogens is 4. The molecule has 2 atom stereocenters. The highest BCUT2D eigenvalue weighted by Gasteiger charge is 2.59. The van der Waals surface area contributed by atoms with Crippen LogP contribution < -0.4 is 10.6 Å². The van der Waals surface area contributed by atoms with Crippen LogP contribution in [0.4, 0.5) is 35.5 Å². The maximum absolute atomic E-state index is 14.1. The van der Waals surface area contributed by atoms with E-state index in [1.807, 2.05) is 0 Å². The van der Waals surface area contributed by atoms with Crippen molar-refractivity contribution in [3.63, 3.8) is 0 Å². The van der Waals surface area contributed by atoms with Crippen molar-refractivity contribution in [3.05, 3.63) is 59.7 Å². The van der Waals surface area contributed by atoms with Crippen molar-refractivity contribution in [1.82, 2.24) is 30.2 Å². The van der Waals surface area contributed by atoms with Crippen LogP contribution in [0.3, 0.4) is 0 Å². The van der Waals surface area contributed by atoms with Gasteiger partial charge in [0, 0.05) is 32.2 Å². The highest BCUT2D eigenvalue weighted by Crippen LogP contribution is 2.51. The molecule has 1 amide bonds. The second kappa shape index (κ2) is 12.1. The van der Waals surface area contributed by atoms with Crippen LogP contribution in [-0.2, 0) is 21.7 Å². The fourth-order valence-corrected chi connectivity index (χ4v) is 5.76. The lowest BCUT2D eigenvalue weighted by Crippen LogP contribution is -2.60. The maximum atomic E-state index is 14.1. The zero-order valence-corrected chi connectivity index (χ0v) is 23.5. The van der Waals surface area contributed by atoms with Gasteiger partial charge in [0.15, 0.2) is 5.92 Å². The second-order valence-electron chi connectivity index (χ2n) is 11.5. The van der Waals surface area contributed by atoms with Crippen molar-refractivity contribution in [3.8, 4) is 0 Å². The summed E-state index contributed by atoms with van der Waals surface area (Å²) in [7, 11) is 0. The fourth-order valence-electron chi connectivity index (χ4n) is 5.76. The van der Waals surface area contributed by atoms with Crippen LogP contribution in [0.5, 0.6) is 0 Å². The molecule has 3 N–H and O–H groups in total. The number of nitrogens with zero attached hydrogens (tertiary/aromatic N) is 4. The standard InChI is InChI=1S/C28H29F7N6O4/c29-26(30)8-6-17(7-9-26)21(40-24(44)45-13-16-4-2-1-3-5-16)19-12-41-23(38-19)39-20(11-37-41)25(14-27(31,32)15-25)36-10-18(22(42)43)28(33,34)35/h1-5,11-12,17-18,21,36H,6-10,13-15H2,(H,40,44)(H,42,43)/t18-,21-/m0/s1. The Kier molecular flexibility index (Phi) is 8.67. The predicted molar refractivity (Wildman–Crippen MR) is 141 cm³/mol. The number of halogens is 7. The maximum Gasteiger partial charge on any atom is 0.408 e. The first-order chi connectivity index (χ1) is 21.1. The Hall–Kier alpha value is -4.02. The summed E-state index contributed by atoms with van der Waals surface area (Å²) < 4.78 is 102. The van der Waals surface area contributed by atoms with Crippen LogP contribution in [-0.4, -0.2) is 61.3 Å². The molecule has 1 aromatic carbocycles. The Morgan fingerprint density at radius 2 is 1.71 bits per heavy atom. The smallest absolute Gasteiger partial charge is 0.408 e. The van der Waals surface area contributed by atoms with Crippen molar-refractivity contribution < 1.29 is 50.2 Å². The number of ether oxygens (including phenoxy) is 1. The quantitative estimate of drug-likeness (QED) is 0.250. The van der Waals surface area contributed by atoms with E-state index in [1.165, 1.54) is 6.20 Å². The lowest BCUT2D eigenvalue weighted by molar-refractivity contribution is -0.196. The van der Waals surface area contributed by atoms with Gasteiger partial charge in [-0.2, -0.15) is 18.3 Å². The van der Waals surface area contributed by atoms with Crippen molar-refractivity contribution in [2.24, 2.45) is 11.8 Å². The number of alkyl halides is 7. The van der Waals surface area contributed by atoms with E-state index in [2.05, 4.69) is 25.7 Å². The van der Waals surface area contributed by atoms with Crippen LogP contribution in [0.2, 0.25) is 0 Å². The van der Waals surface area contributed by atoms with E-state index in [9.17, 15) is 40.3 Å². The van der Waals surface area contributed by atoms with Gasteiger partial charge in [-0.15, -0.1) is 0 Å². The minimum Gasteiger partial charge on any atom is -0.481 e. The molecule has 2 aliphatic rings. The molecule has 2 heterocycles. The van der Waals surface area contributed by atoms with Crippen LogP contribution in [0.15, 0.2) is 42.7 Å². The molecule has 0 saturated heterocycles. The van der Waals surface area contributed by atoms with Gasteiger partial charge in [-0.25, -0.2) is 36.8 Å². The van der Waals surface area contributed by atoms with E-state index in [-0.39, 0.29) is 36.6 Å². The first-order valence-corrected chi connectivity index (χ1v) is 14.1. The zero-order chi connectivity index (χ0) is 32.6. The molecule has 0 aliphatic heterocycles. The molecule has 0 unspecified atom stereocenters. The van der Waals surface area contributed by atoms with Crippen molar-refractivity contribution >= 4 is 17.8 Å². The number of alkyl carbamates (subject to hydrolysis) is 1. The van der Waals surface area contributed by atoms with Gasteiger partial charge in [-0.3, -0.25) is 4.79 Å². The summed E-state index contributed by atoms with van der Waals surface area (Å²) in [5.41, 5.74) is -1.13. The molecule has 2 fully saturated rings. The SMILES string of the molecule is O=C(N[C@H](c1cn2ncc(C3(NC[C@@H](C(=O)O)C(F)(F)F)CC(F)(F)C3)nc2n1)C1CCC(F)(F)CC1)OCc1ccccc1. The molecule has 3 aromatic rings. The van der Waals surface area contributed by atoms with E-state index in [0.717, 1.165) is 10.7 Å². The number of hydrogen-bond acceptors (Lipinski definition) is 7. The Balaban J connectivity index is 1.40. The summed E-state index contributed by atoms with van der Waals surface area (Å²) in [4.78, 5) is 32.6. The van der Waals surface area contributed by atoms with Crippen LogP contribution in [0.1, 0.15) is 61.5 Å². The van der Waals surface area contributed by atoms with Crippen molar-refractivity contribution in [1.29, 1.82) is 0 Å². The highest BCUT2D eigenvalue weighted by molar-refractivity contribution is 5.71. The largest absolute Gasteiger partial charge is 0.481 e. The van der Waals surface area contributed by atoms with Gasteiger partial charge < -0.3 is 20.5 Å². The van der Waals surface area contributed by atoms with Gasteiger partial charge in [0.25, 0.3) is 11.7 Å². The zero-order valence-electron chi connectivity index (χ0n) is 23.5. The number of nitrogens with one attached hydrogen (secondary N) is 2. The molecule has 45 heavy (non-hydrogen) atoms. The number of imidazole rings is 1. The molecular formula is C28H29F7N6O4. The average molecular weight is 647 g/mol. The number of carboxylic acids is 1. The number of hydrogen-bond donors (Lipinski definition) is 3. The molecule has 0 bridgehead atoms. The van der Waals surface area contributed by atoms with Gasteiger partial charge in [-0.05, 0) is 24.3 Å². The van der Waals surface area contributed by atoms with E-state index in [4.69, 9.17) is 9.84 Å². The number of rotatable bonds is 10. The number of carbonyl (C=O) groups is 2. The fraction of sp³-hybridized carbons (Fsp3) is 0.536. The molecule has 10 nitrogen and oxygen atoms in total. The second-order valence-corrected chi connectivity index (χ2v) is 11.5. The van der Waals surface area contributed by atoms with E-state index in [1.54, 1.807) is 30.3 Å². The Morgan fingerprint density at radius 3 is 2.31 bits per heavy atom. The number of carbonyl (C=O) groups excluding carboxylic acids is 1. The van der Waals surface area contributed by atoms with Gasteiger partial charge >= 0.3 is 18.2 Å². The first-order valence-electron chi connectivity index (χ1n) is 14.1. The first kappa shape index (κ1) is 32.4. The number of carboxylic acid groups (broad SMARTS) is 1. The molecule has 2 aliphatic carbocycles. The molecule has 244 valence electrons. The number of benzene rings is 1. The summed E-state index contributed by atoms with van der Waals surface area (Å²) in [5, 5.41) is 18.2. The van der Waals surface area contributed by atoms with Gasteiger partial charge in [0.05, 0.1) is 35.4 Å².